The minimum atomic E-state index is -3.94. The number of sulfonamides is 1. The third-order valence-corrected chi connectivity index (χ3v) is 4.66. The quantitative estimate of drug-likeness (QED) is 0.831. The molecule has 1 aromatic carbocycles. The fourth-order valence-corrected chi connectivity index (χ4v) is 2.97. The first-order valence-electron chi connectivity index (χ1n) is 5.52. The summed E-state index contributed by atoms with van der Waals surface area (Å²) in [6, 6.07) is 2.24. The first-order valence-corrected chi connectivity index (χ1v) is 7.33. The van der Waals surface area contributed by atoms with E-state index in [2.05, 4.69) is 0 Å². The third-order valence-electron chi connectivity index (χ3n) is 2.58. The molecule has 0 bridgehead atoms. The third kappa shape index (κ3) is 3.79. The zero-order valence-corrected chi connectivity index (χ0v) is 12.6. The van der Waals surface area contributed by atoms with Crippen LogP contribution in [0, 0.1) is 5.82 Å². The van der Waals surface area contributed by atoms with Gasteiger partial charge in [-0.2, -0.15) is 4.31 Å². The van der Waals surface area contributed by atoms with Crippen LogP contribution in [-0.4, -0.2) is 51.9 Å². The van der Waals surface area contributed by atoms with Gasteiger partial charge >= 0.3 is 0 Å². The van der Waals surface area contributed by atoms with Gasteiger partial charge in [-0.3, -0.25) is 0 Å². The summed E-state index contributed by atoms with van der Waals surface area (Å²) in [7, 11) is 1.08. The van der Waals surface area contributed by atoms with Crippen molar-refractivity contribution in [3.8, 4) is 0 Å². The summed E-state index contributed by atoms with van der Waals surface area (Å²) in [5.74, 6) is -0.971. The second-order valence-electron chi connectivity index (χ2n) is 4.44. The summed E-state index contributed by atoms with van der Waals surface area (Å²) < 4.78 is 39.4. The number of anilines is 1. The minimum absolute atomic E-state index is 0.0819. The first kappa shape index (κ1) is 16.2. The molecule has 0 aromatic heterocycles. The molecular formula is C11H17ClFN3O2S. The number of hydrogen-bond donors (Lipinski definition) is 1. The van der Waals surface area contributed by atoms with Crippen LogP contribution in [0.1, 0.15) is 0 Å². The Balaban J connectivity index is 3.13. The average Bonchev–Trinajstić information content (AvgIpc) is 2.30. The lowest BCUT2D eigenvalue weighted by atomic mass is 10.3. The van der Waals surface area contributed by atoms with E-state index in [0.717, 1.165) is 10.4 Å². The van der Waals surface area contributed by atoms with Crippen molar-refractivity contribution in [2.75, 3.05) is 40.0 Å². The van der Waals surface area contributed by atoms with Gasteiger partial charge < -0.3 is 10.6 Å². The van der Waals surface area contributed by atoms with Gasteiger partial charge in [-0.15, -0.1) is 0 Å². The first-order chi connectivity index (χ1) is 8.66. The van der Waals surface area contributed by atoms with Crippen LogP contribution >= 0.6 is 11.6 Å². The van der Waals surface area contributed by atoms with E-state index in [9.17, 15) is 12.8 Å². The van der Waals surface area contributed by atoms with Crippen molar-refractivity contribution < 1.29 is 12.8 Å². The number of likely N-dealkylation sites (N-methyl/N-ethyl adjacent to an activating group) is 2. The second-order valence-corrected chi connectivity index (χ2v) is 6.89. The summed E-state index contributed by atoms with van der Waals surface area (Å²) in [6.45, 7) is 0.759. The fraction of sp³-hybridized carbons (Fsp3) is 0.455. The summed E-state index contributed by atoms with van der Waals surface area (Å²) in [4.78, 5) is 1.33. The normalized spacial score (nSPS) is 12.4. The van der Waals surface area contributed by atoms with E-state index >= 15 is 0 Å². The maximum absolute atomic E-state index is 13.8. The van der Waals surface area contributed by atoms with E-state index in [0.29, 0.717) is 6.54 Å². The van der Waals surface area contributed by atoms with Gasteiger partial charge in [0, 0.05) is 25.2 Å². The van der Waals surface area contributed by atoms with Crippen LogP contribution in [0.25, 0.3) is 0 Å². The number of halogens is 2. The number of hydrogen-bond acceptors (Lipinski definition) is 4. The molecule has 0 aliphatic heterocycles. The molecule has 0 spiro atoms. The largest absolute Gasteiger partial charge is 0.396 e. The molecule has 0 saturated heterocycles. The molecule has 19 heavy (non-hydrogen) atoms. The average molecular weight is 310 g/mol. The number of rotatable bonds is 5. The lowest BCUT2D eigenvalue weighted by molar-refractivity contribution is 0.357. The molecular weight excluding hydrogens is 293 g/mol. The molecule has 0 unspecified atom stereocenters. The highest BCUT2D eigenvalue weighted by Crippen LogP contribution is 2.27. The molecule has 1 rings (SSSR count). The van der Waals surface area contributed by atoms with E-state index in [-0.39, 0.29) is 17.3 Å². The zero-order chi connectivity index (χ0) is 14.8. The standard InChI is InChI=1S/C11H17ClFN3O2S/c1-15(2)4-5-16(3)19(17,18)10-7-8(12)6-9(14)11(10)13/h6-7H,4-5,14H2,1-3H3. The number of nitrogens with zero attached hydrogens (tertiary/aromatic N) is 2. The van der Waals surface area contributed by atoms with Crippen molar-refractivity contribution >= 4 is 27.3 Å². The Labute approximate surface area is 117 Å². The van der Waals surface area contributed by atoms with E-state index in [1.54, 1.807) is 0 Å². The minimum Gasteiger partial charge on any atom is -0.396 e. The molecule has 1 aromatic rings. The van der Waals surface area contributed by atoms with Gasteiger partial charge in [0.25, 0.3) is 0 Å². The van der Waals surface area contributed by atoms with Gasteiger partial charge in [-0.25, -0.2) is 12.8 Å². The molecule has 0 aliphatic rings. The predicted molar refractivity (Wildman–Crippen MR) is 74.2 cm³/mol. The van der Waals surface area contributed by atoms with Crippen molar-refractivity contribution in [2.24, 2.45) is 0 Å². The lowest BCUT2D eigenvalue weighted by Gasteiger charge is -2.20. The van der Waals surface area contributed by atoms with Crippen LogP contribution in [0.15, 0.2) is 17.0 Å². The molecule has 8 heteroatoms. The maximum atomic E-state index is 13.8. The van der Waals surface area contributed by atoms with Crippen LogP contribution in [0.2, 0.25) is 5.02 Å². The molecule has 0 amide bonds. The number of benzene rings is 1. The van der Waals surface area contributed by atoms with E-state index < -0.39 is 20.7 Å². The summed E-state index contributed by atoms with van der Waals surface area (Å²) in [6.07, 6.45) is 0. The smallest absolute Gasteiger partial charge is 0.245 e. The van der Waals surface area contributed by atoms with Gasteiger partial charge in [-0.05, 0) is 26.2 Å². The van der Waals surface area contributed by atoms with Gasteiger partial charge in [0.1, 0.15) is 4.90 Å². The molecule has 0 heterocycles. The topological polar surface area (TPSA) is 66.6 Å². The molecule has 5 nitrogen and oxygen atoms in total. The Morgan fingerprint density at radius 1 is 1.26 bits per heavy atom. The second kappa shape index (κ2) is 6.04. The summed E-state index contributed by atoms with van der Waals surface area (Å²) in [5, 5.41) is 0.0819. The van der Waals surface area contributed by atoms with Gasteiger partial charge in [0.15, 0.2) is 5.82 Å². The van der Waals surface area contributed by atoms with E-state index in [1.807, 2.05) is 19.0 Å². The molecule has 0 radical (unpaired) electrons. The monoisotopic (exact) mass is 309 g/mol. The maximum Gasteiger partial charge on any atom is 0.245 e. The Morgan fingerprint density at radius 2 is 1.84 bits per heavy atom. The molecule has 2 N–H and O–H groups in total. The highest BCUT2D eigenvalue weighted by atomic mass is 35.5. The molecule has 0 fully saturated rings. The van der Waals surface area contributed by atoms with Gasteiger partial charge in [-0.1, -0.05) is 11.6 Å². The van der Waals surface area contributed by atoms with Gasteiger partial charge in [0.05, 0.1) is 5.69 Å². The number of nitrogens with two attached hydrogens (primary N) is 1. The zero-order valence-electron chi connectivity index (χ0n) is 11.0. The molecule has 0 saturated carbocycles. The Bertz CT molecular complexity index is 563. The van der Waals surface area contributed by atoms with E-state index in [4.69, 9.17) is 17.3 Å². The summed E-state index contributed by atoms with van der Waals surface area (Å²) >= 11 is 5.72. The van der Waals surface area contributed by atoms with Crippen LogP contribution in [0.3, 0.4) is 0 Å². The highest BCUT2D eigenvalue weighted by molar-refractivity contribution is 7.89. The predicted octanol–water partition coefficient (Wildman–Crippen LogP) is 1.24. The Hall–Kier alpha value is -0.890. The molecule has 0 aliphatic carbocycles. The summed E-state index contributed by atoms with van der Waals surface area (Å²) in [5.41, 5.74) is 5.10. The van der Waals surface area contributed by atoms with Crippen molar-refractivity contribution in [1.82, 2.24) is 9.21 Å². The van der Waals surface area contributed by atoms with E-state index in [1.165, 1.54) is 13.1 Å². The highest BCUT2D eigenvalue weighted by Gasteiger charge is 2.26. The molecule has 0 atom stereocenters. The van der Waals surface area contributed by atoms with Crippen LogP contribution in [0.4, 0.5) is 10.1 Å². The SMILES string of the molecule is CN(C)CCN(C)S(=O)(=O)c1cc(Cl)cc(N)c1F. The fourth-order valence-electron chi connectivity index (χ4n) is 1.40. The van der Waals surface area contributed by atoms with Crippen LogP contribution in [-0.2, 0) is 10.0 Å². The van der Waals surface area contributed by atoms with Gasteiger partial charge in [0.2, 0.25) is 10.0 Å². The van der Waals surface area contributed by atoms with Crippen molar-refractivity contribution in [1.29, 1.82) is 0 Å². The molecule has 108 valence electrons. The van der Waals surface area contributed by atoms with Crippen molar-refractivity contribution in [3.05, 3.63) is 23.0 Å². The van der Waals surface area contributed by atoms with Crippen LogP contribution in [0.5, 0.6) is 0 Å². The Morgan fingerprint density at radius 3 is 2.37 bits per heavy atom. The number of nitrogen functional groups attached to an aromatic ring is 1. The van der Waals surface area contributed by atoms with Crippen molar-refractivity contribution in [2.45, 2.75) is 4.90 Å². The lowest BCUT2D eigenvalue weighted by Crippen LogP contribution is -2.34. The van der Waals surface area contributed by atoms with Crippen LogP contribution < -0.4 is 5.73 Å². The van der Waals surface area contributed by atoms with Crippen molar-refractivity contribution in [3.63, 3.8) is 0 Å². The Kier molecular flexibility index (Phi) is 5.14.